The molecule has 1 heterocycles. The Morgan fingerprint density at radius 1 is 1.38 bits per heavy atom. The fourth-order valence-corrected chi connectivity index (χ4v) is 2.17. The van der Waals surface area contributed by atoms with Crippen LogP contribution in [-0.4, -0.2) is 11.1 Å². The zero-order valence-electron chi connectivity index (χ0n) is 8.11. The van der Waals surface area contributed by atoms with E-state index in [9.17, 15) is 9.18 Å². The molecule has 1 aromatic heterocycles. The van der Waals surface area contributed by atoms with E-state index in [1.165, 1.54) is 18.2 Å². The highest BCUT2D eigenvalue weighted by Crippen LogP contribution is 2.30. The molecular formula is C11H8FNO2S. The molecule has 0 aliphatic rings. The minimum Gasteiger partial charge on any atom is -0.477 e. The number of benzene rings is 1. The molecule has 0 fully saturated rings. The Morgan fingerprint density at radius 2 is 2.12 bits per heavy atom. The summed E-state index contributed by atoms with van der Waals surface area (Å²) in [5, 5.41) is 10.6. The molecular weight excluding hydrogens is 229 g/mol. The van der Waals surface area contributed by atoms with Crippen LogP contribution in [0.1, 0.15) is 9.67 Å². The predicted molar refractivity (Wildman–Crippen MR) is 61.1 cm³/mol. The fraction of sp³-hybridized carbons (Fsp3) is 0. The van der Waals surface area contributed by atoms with Crippen molar-refractivity contribution in [2.75, 3.05) is 5.73 Å². The molecule has 0 aliphatic heterocycles. The molecule has 0 saturated heterocycles. The molecule has 0 radical (unpaired) electrons. The quantitative estimate of drug-likeness (QED) is 0.789. The zero-order valence-corrected chi connectivity index (χ0v) is 8.92. The van der Waals surface area contributed by atoms with Crippen molar-refractivity contribution in [2.24, 2.45) is 0 Å². The summed E-state index contributed by atoms with van der Waals surface area (Å²) in [5.74, 6) is -1.50. The molecule has 0 unspecified atom stereocenters. The Kier molecular flexibility index (Phi) is 2.62. The summed E-state index contributed by atoms with van der Waals surface area (Å²) in [4.78, 5) is 11.1. The van der Waals surface area contributed by atoms with Gasteiger partial charge in [0.1, 0.15) is 10.7 Å². The number of halogens is 1. The van der Waals surface area contributed by atoms with Gasteiger partial charge in [0.2, 0.25) is 0 Å². The lowest BCUT2D eigenvalue weighted by Gasteiger charge is -2.02. The standard InChI is InChI=1S/C11H8FNO2S/c12-8-2-1-6(5-9(8)13)7-3-4-16-10(7)11(14)15/h1-5H,13H2,(H,14,15). The van der Waals surface area contributed by atoms with Crippen LogP contribution in [0, 0.1) is 5.82 Å². The van der Waals surface area contributed by atoms with E-state index in [1.807, 2.05) is 0 Å². The summed E-state index contributed by atoms with van der Waals surface area (Å²) in [6.07, 6.45) is 0. The van der Waals surface area contributed by atoms with Gasteiger partial charge < -0.3 is 10.8 Å². The molecule has 0 bridgehead atoms. The maximum absolute atomic E-state index is 13.0. The monoisotopic (exact) mass is 237 g/mol. The van der Waals surface area contributed by atoms with Crippen molar-refractivity contribution in [3.63, 3.8) is 0 Å². The van der Waals surface area contributed by atoms with Crippen molar-refractivity contribution in [3.8, 4) is 11.1 Å². The van der Waals surface area contributed by atoms with E-state index in [1.54, 1.807) is 11.4 Å². The maximum atomic E-state index is 13.0. The average molecular weight is 237 g/mol. The molecule has 2 rings (SSSR count). The van der Waals surface area contributed by atoms with Crippen molar-refractivity contribution in [3.05, 3.63) is 40.3 Å². The summed E-state index contributed by atoms with van der Waals surface area (Å²) < 4.78 is 13.0. The van der Waals surface area contributed by atoms with Gasteiger partial charge in [-0.2, -0.15) is 0 Å². The first kappa shape index (κ1) is 10.6. The second-order valence-corrected chi connectivity index (χ2v) is 4.12. The van der Waals surface area contributed by atoms with E-state index in [2.05, 4.69) is 0 Å². The Hall–Kier alpha value is -1.88. The van der Waals surface area contributed by atoms with Gasteiger partial charge in [-0.15, -0.1) is 11.3 Å². The second kappa shape index (κ2) is 3.94. The lowest BCUT2D eigenvalue weighted by molar-refractivity contribution is 0.0703. The van der Waals surface area contributed by atoms with Crippen molar-refractivity contribution in [1.82, 2.24) is 0 Å². The first-order valence-electron chi connectivity index (χ1n) is 4.46. The van der Waals surface area contributed by atoms with Crippen LogP contribution in [0.5, 0.6) is 0 Å². The highest BCUT2D eigenvalue weighted by Gasteiger charge is 2.13. The smallest absolute Gasteiger partial charge is 0.346 e. The van der Waals surface area contributed by atoms with Gasteiger partial charge >= 0.3 is 5.97 Å². The molecule has 2 aromatic rings. The van der Waals surface area contributed by atoms with Crippen LogP contribution in [0.3, 0.4) is 0 Å². The highest BCUT2D eigenvalue weighted by atomic mass is 32.1. The van der Waals surface area contributed by atoms with Crippen LogP contribution in [-0.2, 0) is 0 Å². The number of nitrogen functional groups attached to an aromatic ring is 1. The van der Waals surface area contributed by atoms with Crippen molar-refractivity contribution < 1.29 is 14.3 Å². The lowest BCUT2D eigenvalue weighted by atomic mass is 10.1. The number of nitrogens with two attached hydrogens (primary N) is 1. The Bertz CT molecular complexity index is 551. The third-order valence-electron chi connectivity index (χ3n) is 2.17. The van der Waals surface area contributed by atoms with Gasteiger partial charge in [-0.05, 0) is 29.1 Å². The predicted octanol–water partition coefficient (Wildman–Crippen LogP) is 2.83. The van der Waals surface area contributed by atoms with Crippen LogP contribution in [0.25, 0.3) is 11.1 Å². The molecule has 0 spiro atoms. The first-order chi connectivity index (χ1) is 7.59. The second-order valence-electron chi connectivity index (χ2n) is 3.20. The van der Waals surface area contributed by atoms with Gasteiger partial charge in [-0.1, -0.05) is 6.07 Å². The molecule has 0 amide bonds. The molecule has 1 aromatic carbocycles. The van der Waals surface area contributed by atoms with Crippen LogP contribution in [0.4, 0.5) is 10.1 Å². The maximum Gasteiger partial charge on any atom is 0.346 e. The van der Waals surface area contributed by atoms with Crippen LogP contribution < -0.4 is 5.73 Å². The molecule has 16 heavy (non-hydrogen) atoms. The molecule has 5 heteroatoms. The van der Waals surface area contributed by atoms with E-state index < -0.39 is 11.8 Å². The Labute approximate surface area is 95.0 Å². The average Bonchev–Trinajstić information content (AvgIpc) is 2.71. The number of hydrogen-bond donors (Lipinski definition) is 2. The normalized spacial score (nSPS) is 10.3. The Morgan fingerprint density at radius 3 is 2.75 bits per heavy atom. The van der Waals surface area contributed by atoms with E-state index >= 15 is 0 Å². The summed E-state index contributed by atoms with van der Waals surface area (Å²) in [5.41, 5.74) is 6.62. The van der Waals surface area contributed by atoms with Gasteiger partial charge in [0.25, 0.3) is 0 Å². The summed E-state index contributed by atoms with van der Waals surface area (Å²) >= 11 is 1.13. The van der Waals surface area contributed by atoms with Gasteiger partial charge in [-0.3, -0.25) is 0 Å². The minimum atomic E-state index is -0.993. The third kappa shape index (κ3) is 1.77. The van der Waals surface area contributed by atoms with Gasteiger partial charge in [0.15, 0.2) is 0 Å². The number of hydrogen-bond acceptors (Lipinski definition) is 3. The van der Waals surface area contributed by atoms with Crippen LogP contribution in [0.15, 0.2) is 29.6 Å². The number of carboxylic acids is 1. The number of thiophene rings is 1. The highest BCUT2D eigenvalue weighted by molar-refractivity contribution is 7.12. The molecule has 0 aliphatic carbocycles. The molecule has 0 atom stereocenters. The largest absolute Gasteiger partial charge is 0.477 e. The summed E-state index contributed by atoms with van der Waals surface area (Å²) in [6.45, 7) is 0. The number of carbonyl (C=O) groups is 1. The minimum absolute atomic E-state index is 0.0139. The van der Waals surface area contributed by atoms with E-state index in [0.29, 0.717) is 11.1 Å². The number of rotatable bonds is 2. The zero-order chi connectivity index (χ0) is 11.7. The van der Waals surface area contributed by atoms with Gasteiger partial charge in [0, 0.05) is 5.56 Å². The summed E-state index contributed by atoms with van der Waals surface area (Å²) in [7, 11) is 0. The Balaban J connectivity index is 2.54. The fourth-order valence-electron chi connectivity index (χ4n) is 1.41. The lowest BCUT2D eigenvalue weighted by Crippen LogP contribution is -1.96. The van der Waals surface area contributed by atoms with Gasteiger partial charge in [-0.25, -0.2) is 9.18 Å². The molecule has 3 N–H and O–H groups in total. The number of carboxylic acid groups (broad SMARTS) is 1. The van der Waals surface area contributed by atoms with E-state index in [4.69, 9.17) is 10.8 Å². The van der Waals surface area contributed by atoms with Crippen LogP contribution >= 0.6 is 11.3 Å². The SMILES string of the molecule is Nc1cc(-c2ccsc2C(=O)O)ccc1F. The molecule has 3 nitrogen and oxygen atoms in total. The third-order valence-corrected chi connectivity index (χ3v) is 3.07. The van der Waals surface area contributed by atoms with Crippen molar-refractivity contribution >= 4 is 23.0 Å². The van der Waals surface area contributed by atoms with E-state index in [0.717, 1.165) is 11.3 Å². The molecule has 82 valence electrons. The first-order valence-corrected chi connectivity index (χ1v) is 5.33. The van der Waals surface area contributed by atoms with Crippen molar-refractivity contribution in [1.29, 1.82) is 0 Å². The number of anilines is 1. The van der Waals surface area contributed by atoms with Crippen LogP contribution in [0.2, 0.25) is 0 Å². The summed E-state index contributed by atoms with van der Waals surface area (Å²) in [6, 6.07) is 5.86. The number of aromatic carboxylic acids is 1. The topological polar surface area (TPSA) is 63.3 Å². The van der Waals surface area contributed by atoms with E-state index in [-0.39, 0.29) is 10.6 Å². The van der Waals surface area contributed by atoms with Gasteiger partial charge in [0.05, 0.1) is 5.69 Å². The van der Waals surface area contributed by atoms with Crippen molar-refractivity contribution in [2.45, 2.75) is 0 Å². The molecule has 0 saturated carbocycles.